The van der Waals surface area contributed by atoms with Crippen molar-refractivity contribution >= 4 is 23.4 Å². The summed E-state index contributed by atoms with van der Waals surface area (Å²) in [5.41, 5.74) is 4.68. The number of aromatic nitrogens is 1. The smallest absolute Gasteiger partial charge is 0.323 e. The van der Waals surface area contributed by atoms with Gasteiger partial charge in [-0.3, -0.25) is 19.7 Å². The van der Waals surface area contributed by atoms with Crippen molar-refractivity contribution in [3.63, 3.8) is 0 Å². The molecule has 0 unspecified atom stereocenters. The Bertz CT molecular complexity index is 584. The number of carboxylic acids is 1. The molecule has 1 heterocycles. The summed E-state index contributed by atoms with van der Waals surface area (Å²) >= 11 is 0. The second-order valence-electron chi connectivity index (χ2n) is 4.44. The van der Waals surface area contributed by atoms with E-state index in [9.17, 15) is 19.7 Å². The number of carboxylic acid groups (broad SMARTS) is 1. The van der Waals surface area contributed by atoms with Gasteiger partial charge in [0.1, 0.15) is 18.6 Å². The van der Waals surface area contributed by atoms with Crippen molar-refractivity contribution < 1.29 is 19.6 Å². The first-order chi connectivity index (χ1) is 9.40. The maximum Gasteiger partial charge on any atom is 0.323 e. The summed E-state index contributed by atoms with van der Waals surface area (Å²) in [5, 5.41) is 19.6. The van der Waals surface area contributed by atoms with Crippen LogP contribution >= 0.6 is 0 Å². The molecular formula is C11H12N4O5. The average molecular weight is 280 g/mol. The Morgan fingerprint density at radius 3 is 2.65 bits per heavy atom. The summed E-state index contributed by atoms with van der Waals surface area (Å²) in [4.78, 5) is 37.6. The lowest BCUT2D eigenvalue weighted by Gasteiger charge is -2.22. The number of anilines is 1. The lowest BCUT2D eigenvalue weighted by Crippen LogP contribution is -2.34. The average Bonchev–Trinajstić information content (AvgIpc) is 3.19. The zero-order valence-corrected chi connectivity index (χ0v) is 10.4. The number of nitrogens with zero attached hydrogens (tertiary/aromatic N) is 3. The maximum atomic E-state index is 11.4. The molecule has 9 heteroatoms. The quantitative estimate of drug-likeness (QED) is 0.557. The summed E-state index contributed by atoms with van der Waals surface area (Å²) in [6, 6.07) is 0.986. The first kappa shape index (κ1) is 13.7. The summed E-state index contributed by atoms with van der Waals surface area (Å²) in [5.74, 6) is -1.88. The van der Waals surface area contributed by atoms with Gasteiger partial charge in [0, 0.05) is 12.1 Å². The summed E-state index contributed by atoms with van der Waals surface area (Å²) < 4.78 is 0. The number of carbonyl (C=O) groups is 2. The summed E-state index contributed by atoms with van der Waals surface area (Å²) in [6.07, 6.45) is 2.55. The second kappa shape index (κ2) is 5.11. The predicted octanol–water partition coefficient (Wildman–Crippen LogP) is 0.142. The van der Waals surface area contributed by atoms with Gasteiger partial charge in [-0.1, -0.05) is 0 Å². The number of amides is 1. The van der Waals surface area contributed by atoms with Gasteiger partial charge in [-0.2, -0.15) is 0 Å². The molecule has 1 aliphatic rings. The van der Waals surface area contributed by atoms with Crippen LogP contribution in [0.3, 0.4) is 0 Å². The minimum Gasteiger partial charge on any atom is -0.480 e. The van der Waals surface area contributed by atoms with E-state index in [0.717, 1.165) is 25.1 Å². The van der Waals surface area contributed by atoms with Crippen LogP contribution in [0.15, 0.2) is 12.3 Å². The van der Waals surface area contributed by atoms with Crippen LogP contribution in [0.2, 0.25) is 0 Å². The van der Waals surface area contributed by atoms with Gasteiger partial charge in [0.05, 0.1) is 10.5 Å². The highest BCUT2D eigenvalue weighted by molar-refractivity contribution is 5.98. The van der Waals surface area contributed by atoms with Gasteiger partial charge in [0.2, 0.25) is 0 Å². The summed E-state index contributed by atoms with van der Waals surface area (Å²) in [6.45, 7) is -0.338. The zero-order valence-electron chi connectivity index (χ0n) is 10.4. The number of primary amides is 1. The highest BCUT2D eigenvalue weighted by Gasteiger charge is 2.34. The van der Waals surface area contributed by atoms with Gasteiger partial charge in [-0.15, -0.1) is 0 Å². The molecule has 2 rings (SSSR count). The Balaban J connectivity index is 2.45. The molecule has 1 aromatic rings. The first-order valence-electron chi connectivity index (χ1n) is 5.83. The third-order valence-electron chi connectivity index (χ3n) is 2.89. The third-order valence-corrected chi connectivity index (χ3v) is 2.89. The molecule has 0 aliphatic heterocycles. The highest BCUT2D eigenvalue weighted by Crippen LogP contribution is 2.33. The van der Waals surface area contributed by atoms with Gasteiger partial charge >= 0.3 is 5.97 Å². The van der Waals surface area contributed by atoms with Crippen LogP contribution in [0.1, 0.15) is 23.2 Å². The van der Waals surface area contributed by atoms with Gasteiger partial charge in [0.15, 0.2) is 0 Å². The van der Waals surface area contributed by atoms with E-state index in [0.29, 0.717) is 0 Å². The lowest BCUT2D eigenvalue weighted by molar-refractivity contribution is -0.385. The van der Waals surface area contributed by atoms with Crippen molar-refractivity contribution in [2.45, 2.75) is 18.9 Å². The molecule has 1 aliphatic carbocycles. The molecule has 3 N–H and O–H groups in total. The molecule has 20 heavy (non-hydrogen) atoms. The second-order valence-corrected chi connectivity index (χ2v) is 4.44. The van der Waals surface area contributed by atoms with Crippen LogP contribution in [0, 0.1) is 10.1 Å². The number of rotatable bonds is 6. The number of hydrogen-bond acceptors (Lipinski definition) is 6. The van der Waals surface area contributed by atoms with E-state index in [2.05, 4.69) is 4.98 Å². The number of nitro groups is 1. The fourth-order valence-electron chi connectivity index (χ4n) is 1.87. The Kier molecular flexibility index (Phi) is 3.51. The molecule has 0 radical (unpaired) electrons. The van der Waals surface area contributed by atoms with E-state index in [4.69, 9.17) is 10.8 Å². The fourth-order valence-corrected chi connectivity index (χ4v) is 1.87. The standard InChI is InChI=1S/C11H12N4O5/c12-10(18)8-3-7(15(19)20)4-13-11(8)14(5-9(16)17)6-1-2-6/h3-4,6H,1-2,5H2,(H2,12,18)(H,16,17). The molecule has 1 fully saturated rings. The van der Waals surface area contributed by atoms with Gasteiger partial charge in [-0.25, -0.2) is 4.98 Å². The Morgan fingerprint density at radius 1 is 1.55 bits per heavy atom. The number of aliphatic carboxylic acids is 1. The lowest BCUT2D eigenvalue weighted by atomic mass is 10.2. The molecule has 1 amide bonds. The minimum absolute atomic E-state index is 0.0295. The Morgan fingerprint density at radius 2 is 2.20 bits per heavy atom. The van der Waals surface area contributed by atoms with Crippen molar-refractivity contribution in [2.75, 3.05) is 11.4 Å². The monoisotopic (exact) mass is 280 g/mol. The molecule has 0 bridgehead atoms. The molecule has 1 aromatic heterocycles. The number of carbonyl (C=O) groups excluding carboxylic acids is 1. The van der Waals surface area contributed by atoms with Crippen LogP contribution in [-0.2, 0) is 4.79 Å². The fraction of sp³-hybridized carbons (Fsp3) is 0.364. The Hall–Kier alpha value is -2.71. The van der Waals surface area contributed by atoms with Gasteiger partial charge < -0.3 is 15.7 Å². The minimum atomic E-state index is -1.08. The number of nitrogens with two attached hydrogens (primary N) is 1. The van der Waals surface area contributed by atoms with Crippen molar-refractivity contribution in [2.24, 2.45) is 5.73 Å². The van der Waals surface area contributed by atoms with Crippen molar-refractivity contribution in [1.82, 2.24) is 4.98 Å². The van der Waals surface area contributed by atoms with Crippen LogP contribution in [0.4, 0.5) is 11.5 Å². The molecule has 0 aromatic carbocycles. The number of pyridine rings is 1. The zero-order chi connectivity index (χ0) is 14.9. The normalized spacial score (nSPS) is 13.8. The molecule has 0 atom stereocenters. The molecule has 106 valence electrons. The topological polar surface area (TPSA) is 140 Å². The SMILES string of the molecule is NC(=O)c1cc([N+](=O)[O-])cnc1N(CC(=O)O)C1CC1. The van der Waals surface area contributed by atoms with Crippen molar-refractivity contribution in [1.29, 1.82) is 0 Å². The van der Waals surface area contributed by atoms with E-state index in [1.54, 1.807) is 0 Å². The first-order valence-corrected chi connectivity index (χ1v) is 5.83. The van der Waals surface area contributed by atoms with Crippen LogP contribution in [-0.4, -0.2) is 39.5 Å². The summed E-state index contributed by atoms with van der Waals surface area (Å²) in [7, 11) is 0. The van der Waals surface area contributed by atoms with Crippen LogP contribution in [0.5, 0.6) is 0 Å². The van der Waals surface area contributed by atoms with E-state index >= 15 is 0 Å². The van der Waals surface area contributed by atoms with E-state index in [-0.39, 0.29) is 29.7 Å². The molecule has 0 spiro atoms. The predicted molar refractivity (Wildman–Crippen MR) is 67.4 cm³/mol. The van der Waals surface area contributed by atoms with Gasteiger partial charge in [-0.05, 0) is 12.8 Å². The van der Waals surface area contributed by atoms with Crippen LogP contribution < -0.4 is 10.6 Å². The van der Waals surface area contributed by atoms with E-state index in [1.165, 1.54) is 4.90 Å². The molecule has 0 saturated heterocycles. The Labute approximate surface area is 113 Å². The molecular weight excluding hydrogens is 268 g/mol. The van der Waals surface area contributed by atoms with E-state index < -0.39 is 16.8 Å². The highest BCUT2D eigenvalue weighted by atomic mass is 16.6. The molecule has 1 saturated carbocycles. The van der Waals surface area contributed by atoms with Crippen molar-refractivity contribution in [3.8, 4) is 0 Å². The maximum absolute atomic E-state index is 11.4. The molecule has 9 nitrogen and oxygen atoms in total. The van der Waals surface area contributed by atoms with Crippen molar-refractivity contribution in [3.05, 3.63) is 27.9 Å². The largest absolute Gasteiger partial charge is 0.480 e. The van der Waals surface area contributed by atoms with Gasteiger partial charge in [0.25, 0.3) is 11.6 Å². The van der Waals surface area contributed by atoms with Crippen LogP contribution in [0.25, 0.3) is 0 Å². The van der Waals surface area contributed by atoms with E-state index in [1.807, 2.05) is 0 Å². The third kappa shape index (κ3) is 2.82. The number of hydrogen-bond donors (Lipinski definition) is 2.